The van der Waals surface area contributed by atoms with Gasteiger partial charge in [-0.3, -0.25) is 0 Å². The maximum atomic E-state index is 13.9. The Morgan fingerprint density at radius 1 is 1.10 bits per heavy atom. The number of rotatable bonds is 6. The lowest BCUT2D eigenvalue weighted by Crippen LogP contribution is -2.46. The zero-order valence-electron chi connectivity index (χ0n) is 17.8. The third-order valence-electron chi connectivity index (χ3n) is 5.68. The molecule has 4 rings (SSSR count). The highest BCUT2D eigenvalue weighted by Gasteiger charge is 2.26. The summed E-state index contributed by atoms with van der Waals surface area (Å²) in [5.41, 5.74) is 2.25. The van der Waals surface area contributed by atoms with E-state index in [1.54, 1.807) is 34.9 Å². The summed E-state index contributed by atoms with van der Waals surface area (Å²) in [4.78, 5) is 0.257. The fourth-order valence-electron chi connectivity index (χ4n) is 4.08. The summed E-state index contributed by atoms with van der Waals surface area (Å²) >= 11 is 0. The molecule has 1 fully saturated rings. The number of hydrogen-bond acceptors (Lipinski definition) is 4. The lowest BCUT2D eigenvalue weighted by molar-refractivity contribution is 0.0854. The van der Waals surface area contributed by atoms with Gasteiger partial charge in [0.05, 0.1) is 10.4 Å². The van der Waals surface area contributed by atoms with Gasteiger partial charge in [-0.15, -0.1) is 0 Å². The molecule has 2 aromatic carbocycles. The van der Waals surface area contributed by atoms with E-state index in [0.717, 1.165) is 16.5 Å². The summed E-state index contributed by atoms with van der Waals surface area (Å²) in [7, 11) is -3.53. The van der Waals surface area contributed by atoms with Crippen LogP contribution in [0.25, 0.3) is 22.0 Å². The molecule has 0 aliphatic carbocycles. The third-order valence-corrected chi connectivity index (χ3v) is 7.59. The van der Waals surface area contributed by atoms with E-state index in [9.17, 15) is 17.9 Å². The maximum absolute atomic E-state index is 13.9. The fraction of sp³-hybridized carbons (Fsp3) is 0.391. The first-order valence-corrected chi connectivity index (χ1v) is 12.0. The van der Waals surface area contributed by atoms with Gasteiger partial charge in [0.15, 0.2) is 0 Å². The molecule has 0 amide bonds. The molecule has 1 aliphatic rings. The first kappa shape index (κ1) is 22.0. The molecule has 8 heteroatoms. The van der Waals surface area contributed by atoms with Crippen molar-refractivity contribution in [2.45, 2.75) is 31.4 Å². The molecule has 166 valence electrons. The molecule has 1 saturated heterocycles. The second-order valence-electron chi connectivity index (χ2n) is 8.40. The van der Waals surface area contributed by atoms with Gasteiger partial charge < -0.3 is 15.0 Å². The van der Waals surface area contributed by atoms with Crippen molar-refractivity contribution in [3.63, 3.8) is 0 Å². The van der Waals surface area contributed by atoms with Crippen LogP contribution in [0.4, 0.5) is 4.39 Å². The number of piperazine rings is 1. The van der Waals surface area contributed by atoms with Crippen LogP contribution in [0.3, 0.4) is 0 Å². The average molecular weight is 446 g/mol. The van der Waals surface area contributed by atoms with Crippen LogP contribution in [-0.4, -0.2) is 48.6 Å². The molecule has 2 heterocycles. The van der Waals surface area contributed by atoms with Crippen LogP contribution in [0.5, 0.6) is 0 Å². The highest BCUT2D eigenvalue weighted by Crippen LogP contribution is 2.34. The number of sulfonamides is 1. The van der Waals surface area contributed by atoms with Gasteiger partial charge >= 0.3 is 0 Å². The zero-order chi connectivity index (χ0) is 22.2. The van der Waals surface area contributed by atoms with E-state index in [0.29, 0.717) is 38.1 Å². The SMILES string of the molecule is CC(C)CC(O)n1cc(-c2ccc(S(=O)(=O)N3CCNCC3)cc2)c2ccc(F)cc21. The van der Waals surface area contributed by atoms with Crippen molar-refractivity contribution in [3.05, 3.63) is 54.5 Å². The molecule has 0 bridgehead atoms. The minimum atomic E-state index is -3.53. The quantitative estimate of drug-likeness (QED) is 0.608. The lowest BCUT2D eigenvalue weighted by atomic mass is 10.1. The Balaban J connectivity index is 1.72. The minimum Gasteiger partial charge on any atom is -0.373 e. The monoisotopic (exact) mass is 445 g/mol. The van der Waals surface area contributed by atoms with E-state index in [4.69, 9.17) is 0 Å². The van der Waals surface area contributed by atoms with Crippen LogP contribution in [0, 0.1) is 11.7 Å². The summed E-state index contributed by atoms with van der Waals surface area (Å²) in [6.45, 7) is 6.24. The highest BCUT2D eigenvalue weighted by atomic mass is 32.2. The van der Waals surface area contributed by atoms with Crippen molar-refractivity contribution in [2.75, 3.05) is 26.2 Å². The Bertz CT molecular complexity index is 1170. The van der Waals surface area contributed by atoms with Crippen LogP contribution in [0.1, 0.15) is 26.5 Å². The first-order chi connectivity index (χ1) is 14.8. The summed E-state index contributed by atoms with van der Waals surface area (Å²) in [5.74, 6) is -0.0912. The molecular formula is C23H28FN3O3S. The predicted octanol–water partition coefficient (Wildman–Crippen LogP) is 3.58. The van der Waals surface area contributed by atoms with Crippen LogP contribution < -0.4 is 5.32 Å². The van der Waals surface area contributed by atoms with Gasteiger partial charge in [0.25, 0.3) is 0 Å². The number of fused-ring (bicyclic) bond motifs is 1. The van der Waals surface area contributed by atoms with Crippen molar-refractivity contribution in [1.82, 2.24) is 14.2 Å². The molecule has 0 spiro atoms. The van der Waals surface area contributed by atoms with Gasteiger partial charge in [-0.25, -0.2) is 12.8 Å². The predicted molar refractivity (Wildman–Crippen MR) is 120 cm³/mol. The second kappa shape index (κ2) is 8.70. The Morgan fingerprint density at radius 3 is 2.42 bits per heavy atom. The number of halogens is 1. The van der Waals surface area contributed by atoms with Crippen LogP contribution in [0.2, 0.25) is 0 Å². The van der Waals surface area contributed by atoms with Crippen molar-refractivity contribution < 1.29 is 17.9 Å². The fourth-order valence-corrected chi connectivity index (χ4v) is 5.52. The number of nitrogens with one attached hydrogen (secondary N) is 1. The lowest BCUT2D eigenvalue weighted by Gasteiger charge is -2.26. The normalized spacial score (nSPS) is 16.8. The molecule has 2 N–H and O–H groups in total. The van der Waals surface area contributed by atoms with Crippen molar-refractivity contribution in [1.29, 1.82) is 0 Å². The summed E-state index contributed by atoms with van der Waals surface area (Å²) in [6, 6.07) is 11.3. The van der Waals surface area contributed by atoms with Gasteiger partial charge in [-0.05, 0) is 48.2 Å². The van der Waals surface area contributed by atoms with E-state index in [2.05, 4.69) is 5.32 Å². The first-order valence-electron chi connectivity index (χ1n) is 10.6. The number of nitrogens with zero attached hydrogens (tertiary/aromatic N) is 2. The second-order valence-corrected chi connectivity index (χ2v) is 10.3. The molecule has 31 heavy (non-hydrogen) atoms. The number of benzene rings is 2. The molecule has 6 nitrogen and oxygen atoms in total. The molecule has 1 aromatic heterocycles. The van der Waals surface area contributed by atoms with E-state index in [1.165, 1.54) is 16.4 Å². The van der Waals surface area contributed by atoms with Gasteiger partial charge in [-0.2, -0.15) is 4.31 Å². The molecule has 0 saturated carbocycles. The molecule has 3 aromatic rings. The standard InChI is InChI=1S/C23H28FN3O3S/c1-16(2)13-23(28)27-15-21(20-8-5-18(24)14-22(20)27)17-3-6-19(7-4-17)31(29,30)26-11-9-25-10-12-26/h3-8,14-16,23,25,28H,9-13H2,1-2H3. The maximum Gasteiger partial charge on any atom is 0.243 e. The molecule has 0 radical (unpaired) electrons. The number of hydrogen-bond donors (Lipinski definition) is 2. The summed E-state index contributed by atoms with van der Waals surface area (Å²) in [5, 5.41) is 14.7. The summed E-state index contributed by atoms with van der Waals surface area (Å²) in [6.07, 6.45) is 1.59. The number of aliphatic hydroxyl groups excluding tert-OH is 1. The Labute approximate surface area is 182 Å². The average Bonchev–Trinajstić information content (AvgIpc) is 3.13. The topological polar surface area (TPSA) is 74.6 Å². The highest BCUT2D eigenvalue weighted by molar-refractivity contribution is 7.89. The van der Waals surface area contributed by atoms with Crippen molar-refractivity contribution >= 4 is 20.9 Å². The van der Waals surface area contributed by atoms with Gasteiger partial charge in [0.1, 0.15) is 12.0 Å². The third kappa shape index (κ3) is 4.39. The molecular weight excluding hydrogens is 417 g/mol. The van der Waals surface area contributed by atoms with Crippen molar-refractivity contribution in [3.8, 4) is 11.1 Å². The van der Waals surface area contributed by atoms with E-state index >= 15 is 0 Å². The Morgan fingerprint density at radius 2 is 1.77 bits per heavy atom. The number of aromatic nitrogens is 1. The molecule has 1 atom stereocenters. The number of aliphatic hydroxyl groups is 1. The smallest absolute Gasteiger partial charge is 0.243 e. The minimum absolute atomic E-state index is 0.257. The van der Waals surface area contributed by atoms with E-state index < -0.39 is 16.3 Å². The Kier molecular flexibility index (Phi) is 6.16. The van der Waals surface area contributed by atoms with Crippen LogP contribution in [0.15, 0.2) is 53.6 Å². The van der Waals surface area contributed by atoms with Gasteiger partial charge in [0, 0.05) is 43.3 Å². The van der Waals surface area contributed by atoms with Crippen molar-refractivity contribution in [2.24, 2.45) is 5.92 Å². The van der Waals surface area contributed by atoms with Gasteiger partial charge in [0.2, 0.25) is 10.0 Å². The summed E-state index contributed by atoms with van der Waals surface area (Å²) < 4.78 is 42.9. The molecule has 1 aliphatic heterocycles. The van der Waals surface area contributed by atoms with Crippen LogP contribution >= 0.6 is 0 Å². The van der Waals surface area contributed by atoms with E-state index in [1.807, 2.05) is 20.0 Å². The van der Waals surface area contributed by atoms with Gasteiger partial charge in [-0.1, -0.05) is 26.0 Å². The Hall–Kier alpha value is -2.26. The van der Waals surface area contributed by atoms with E-state index in [-0.39, 0.29) is 16.6 Å². The van der Waals surface area contributed by atoms with Crippen LogP contribution in [-0.2, 0) is 10.0 Å². The zero-order valence-corrected chi connectivity index (χ0v) is 18.6. The molecule has 1 unspecified atom stereocenters. The largest absolute Gasteiger partial charge is 0.373 e.